The van der Waals surface area contributed by atoms with Gasteiger partial charge in [0, 0.05) is 19.0 Å². The summed E-state index contributed by atoms with van der Waals surface area (Å²) in [4.78, 5) is 22.7. The Morgan fingerprint density at radius 2 is 1.95 bits per heavy atom. The van der Waals surface area contributed by atoms with E-state index in [4.69, 9.17) is 4.74 Å². The second kappa shape index (κ2) is 6.68. The molecule has 5 nitrogen and oxygen atoms in total. The first kappa shape index (κ1) is 14.8. The number of nitrogens with zero attached hydrogens (tertiary/aromatic N) is 3. The Balaban J connectivity index is 1.91. The number of hydrogen-bond acceptors (Lipinski definition) is 5. The van der Waals surface area contributed by atoms with Gasteiger partial charge in [-0.1, -0.05) is 13.8 Å². The second-order valence-corrected chi connectivity index (χ2v) is 5.47. The minimum Gasteiger partial charge on any atom is -0.466 e. The molecule has 0 spiro atoms. The van der Waals surface area contributed by atoms with Gasteiger partial charge < -0.3 is 9.64 Å². The monoisotopic (exact) mass is 277 g/mol. The van der Waals surface area contributed by atoms with E-state index in [1.807, 2.05) is 19.3 Å². The van der Waals surface area contributed by atoms with Crippen LogP contribution in [0.3, 0.4) is 0 Å². The summed E-state index contributed by atoms with van der Waals surface area (Å²) in [5, 5.41) is 0. The first-order valence-electron chi connectivity index (χ1n) is 7.35. The number of ether oxygens (including phenoxy) is 1. The zero-order valence-electron chi connectivity index (χ0n) is 12.5. The van der Waals surface area contributed by atoms with Crippen LogP contribution in [0.25, 0.3) is 0 Å². The highest BCUT2D eigenvalue weighted by atomic mass is 16.5. The molecule has 1 saturated heterocycles. The van der Waals surface area contributed by atoms with Crippen LogP contribution in [0.5, 0.6) is 0 Å². The Hall–Kier alpha value is -1.65. The molecule has 110 valence electrons. The largest absolute Gasteiger partial charge is 0.466 e. The van der Waals surface area contributed by atoms with Crippen molar-refractivity contribution < 1.29 is 9.53 Å². The molecule has 0 unspecified atom stereocenters. The number of hydrogen-bond donors (Lipinski definition) is 0. The molecule has 2 rings (SSSR count). The Morgan fingerprint density at radius 3 is 2.45 bits per heavy atom. The average Bonchev–Trinajstić information content (AvgIpc) is 2.48. The summed E-state index contributed by atoms with van der Waals surface area (Å²) in [6, 6.07) is 0. The van der Waals surface area contributed by atoms with Gasteiger partial charge in [-0.05, 0) is 19.8 Å². The maximum absolute atomic E-state index is 11.7. The van der Waals surface area contributed by atoms with Gasteiger partial charge in [0.1, 0.15) is 5.82 Å². The minimum absolute atomic E-state index is 0.0436. The van der Waals surface area contributed by atoms with Gasteiger partial charge in [0.2, 0.25) is 0 Å². The third kappa shape index (κ3) is 3.46. The fourth-order valence-electron chi connectivity index (χ4n) is 2.43. The lowest BCUT2D eigenvalue weighted by Crippen LogP contribution is -2.37. The van der Waals surface area contributed by atoms with Gasteiger partial charge in [-0.2, -0.15) is 0 Å². The molecular formula is C15H23N3O2. The van der Waals surface area contributed by atoms with Crippen molar-refractivity contribution in [3.8, 4) is 0 Å². The highest BCUT2D eigenvalue weighted by Gasteiger charge is 2.26. The molecule has 0 aromatic carbocycles. The number of rotatable bonds is 4. The van der Waals surface area contributed by atoms with E-state index in [0.717, 1.165) is 37.4 Å². The molecule has 1 aromatic heterocycles. The van der Waals surface area contributed by atoms with Gasteiger partial charge in [0.25, 0.3) is 0 Å². The number of esters is 1. The summed E-state index contributed by atoms with van der Waals surface area (Å²) in [6.07, 6.45) is 5.44. The van der Waals surface area contributed by atoms with Crippen molar-refractivity contribution >= 4 is 11.7 Å². The van der Waals surface area contributed by atoms with E-state index in [1.54, 1.807) is 0 Å². The summed E-state index contributed by atoms with van der Waals surface area (Å²) < 4.78 is 5.08. The highest BCUT2D eigenvalue weighted by molar-refractivity contribution is 5.72. The topological polar surface area (TPSA) is 55.3 Å². The molecule has 20 heavy (non-hydrogen) atoms. The second-order valence-electron chi connectivity index (χ2n) is 5.47. The van der Waals surface area contributed by atoms with Crippen LogP contribution in [0.15, 0.2) is 12.4 Å². The lowest BCUT2D eigenvalue weighted by Gasteiger charge is -2.32. The van der Waals surface area contributed by atoms with Gasteiger partial charge >= 0.3 is 5.97 Å². The molecule has 0 bridgehead atoms. The van der Waals surface area contributed by atoms with Crippen LogP contribution >= 0.6 is 0 Å². The Morgan fingerprint density at radius 1 is 1.35 bits per heavy atom. The van der Waals surface area contributed by atoms with Crippen molar-refractivity contribution in [1.29, 1.82) is 0 Å². The molecule has 0 radical (unpaired) electrons. The van der Waals surface area contributed by atoms with Crippen LogP contribution in [0, 0.1) is 5.92 Å². The number of piperidine rings is 1. The van der Waals surface area contributed by atoms with Gasteiger partial charge in [-0.3, -0.25) is 4.79 Å². The van der Waals surface area contributed by atoms with Crippen molar-refractivity contribution in [2.24, 2.45) is 5.92 Å². The zero-order chi connectivity index (χ0) is 14.5. The molecule has 0 aliphatic carbocycles. The molecule has 5 heteroatoms. The van der Waals surface area contributed by atoms with E-state index < -0.39 is 0 Å². The molecule has 1 aromatic rings. The smallest absolute Gasteiger partial charge is 0.309 e. The van der Waals surface area contributed by atoms with Crippen molar-refractivity contribution in [3.63, 3.8) is 0 Å². The van der Waals surface area contributed by atoms with E-state index in [1.165, 1.54) is 0 Å². The summed E-state index contributed by atoms with van der Waals surface area (Å²) in [5.74, 6) is 1.20. The lowest BCUT2D eigenvalue weighted by atomic mass is 9.97. The Labute approximate surface area is 120 Å². The molecule has 0 saturated carbocycles. The summed E-state index contributed by atoms with van der Waals surface area (Å²) in [6.45, 7) is 8.19. The third-order valence-electron chi connectivity index (χ3n) is 3.65. The average molecular weight is 277 g/mol. The molecule has 0 atom stereocenters. The van der Waals surface area contributed by atoms with Crippen molar-refractivity contribution in [3.05, 3.63) is 18.2 Å². The van der Waals surface area contributed by atoms with E-state index in [2.05, 4.69) is 28.7 Å². The van der Waals surface area contributed by atoms with Gasteiger partial charge in [0.15, 0.2) is 0 Å². The van der Waals surface area contributed by atoms with Gasteiger partial charge in [-0.25, -0.2) is 9.97 Å². The summed E-state index contributed by atoms with van der Waals surface area (Å²) in [7, 11) is 0. The Kier molecular flexibility index (Phi) is 4.93. The van der Waals surface area contributed by atoms with Crippen LogP contribution in [-0.4, -0.2) is 35.6 Å². The SMILES string of the molecule is CCOC(=O)C1CCN(c2cnc(C(C)C)nc2)CC1. The molecule has 0 N–H and O–H groups in total. The van der Waals surface area contributed by atoms with E-state index >= 15 is 0 Å². The maximum Gasteiger partial charge on any atom is 0.309 e. The van der Waals surface area contributed by atoms with Crippen molar-refractivity contribution in [1.82, 2.24) is 9.97 Å². The van der Waals surface area contributed by atoms with Crippen LogP contribution in [0.4, 0.5) is 5.69 Å². The zero-order valence-corrected chi connectivity index (χ0v) is 12.5. The molecule has 1 aliphatic rings. The molecular weight excluding hydrogens is 254 g/mol. The van der Waals surface area contributed by atoms with Crippen LogP contribution in [0.2, 0.25) is 0 Å². The van der Waals surface area contributed by atoms with Crippen molar-refractivity contribution in [2.75, 3.05) is 24.6 Å². The number of anilines is 1. The minimum atomic E-state index is -0.0569. The standard InChI is InChI=1S/C15H23N3O2/c1-4-20-15(19)12-5-7-18(8-6-12)13-9-16-14(11(2)3)17-10-13/h9-12H,4-8H2,1-3H3. The number of aromatic nitrogens is 2. The predicted octanol–water partition coefficient (Wildman–Crippen LogP) is 2.38. The molecule has 1 aliphatic heterocycles. The Bertz CT molecular complexity index is 437. The van der Waals surface area contributed by atoms with Crippen LogP contribution < -0.4 is 4.90 Å². The number of carbonyl (C=O) groups excluding carboxylic acids is 1. The van der Waals surface area contributed by atoms with Crippen molar-refractivity contribution in [2.45, 2.75) is 39.5 Å². The summed E-state index contributed by atoms with van der Waals surface area (Å²) in [5.41, 5.74) is 1.04. The van der Waals surface area contributed by atoms with E-state index in [9.17, 15) is 4.79 Å². The van der Waals surface area contributed by atoms with Crippen LogP contribution in [-0.2, 0) is 9.53 Å². The summed E-state index contributed by atoms with van der Waals surface area (Å²) >= 11 is 0. The fraction of sp³-hybridized carbons (Fsp3) is 0.667. The highest BCUT2D eigenvalue weighted by Crippen LogP contribution is 2.23. The maximum atomic E-state index is 11.7. The van der Waals surface area contributed by atoms with E-state index in [-0.39, 0.29) is 11.9 Å². The lowest BCUT2D eigenvalue weighted by molar-refractivity contribution is -0.148. The van der Waals surface area contributed by atoms with E-state index in [0.29, 0.717) is 12.5 Å². The molecule has 0 amide bonds. The fourth-order valence-corrected chi connectivity index (χ4v) is 2.43. The molecule has 1 fully saturated rings. The van der Waals surface area contributed by atoms with Crippen LogP contribution in [0.1, 0.15) is 45.4 Å². The van der Waals surface area contributed by atoms with Gasteiger partial charge in [0.05, 0.1) is 30.6 Å². The quantitative estimate of drug-likeness (QED) is 0.791. The third-order valence-corrected chi connectivity index (χ3v) is 3.65. The number of carbonyl (C=O) groups is 1. The first-order valence-corrected chi connectivity index (χ1v) is 7.35. The normalized spacial score (nSPS) is 16.5. The van der Waals surface area contributed by atoms with Gasteiger partial charge in [-0.15, -0.1) is 0 Å². The first-order chi connectivity index (χ1) is 9.61. The predicted molar refractivity (Wildman–Crippen MR) is 77.7 cm³/mol. The molecule has 2 heterocycles.